The summed E-state index contributed by atoms with van der Waals surface area (Å²) < 4.78 is 26.9. The molecule has 2 aliphatic heterocycles. The van der Waals surface area contributed by atoms with Gasteiger partial charge < -0.3 is 14.4 Å². The van der Waals surface area contributed by atoms with Crippen LogP contribution in [-0.2, 0) is 20.9 Å². The molecule has 43 heavy (non-hydrogen) atoms. The average molecular weight is 596 g/mol. The second-order valence-corrected chi connectivity index (χ2v) is 10.9. The third-order valence-corrected chi connectivity index (χ3v) is 8.47. The summed E-state index contributed by atoms with van der Waals surface area (Å²) in [6, 6.07) is 19.6. The van der Waals surface area contributed by atoms with E-state index in [1.54, 1.807) is 80.8 Å². The van der Waals surface area contributed by atoms with Crippen molar-refractivity contribution in [3.63, 3.8) is 0 Å². The van der Waals surface area contributed by atoms with Gasteiger partial charge in [0.1, 0.15) is 22.7 Å². The fourth-order valence-corrected chi connectivity index (χ4v) is 6.54. The number of thiazole rings is 1. The van der Waals surface area contributed by atoms with Crippen LogP contribution < -0.4 is 24.5 Å². The first kappa shape index (κ1) is 28.0. The number of ether oxygens (including phenoxy) is 2. The molecule has 1 atom stereocenters. The van der Waals surface area contributed by atoms with Crippen molar-refractivity contribution in [2.75, 3.05) is 18.6 Å². The molecule has 1 aromatic heterocycles. The molecule has 1 amide bonds. The number of para-hydroxylation sites is 1. The highest BCUT2D eigenvalue weighted by molar-refractivity contribution is 7.07. The van der Waals surface area contributed by atoms with Gasteiger partial charge in [0, 0.05) is 11.1 Å². The molecule has 4 aromatic rings. The Kier molecular flexibility index (Phi) is 7.37. The topological polar surface area (TPSA) is 90.2 Å². The largest absolute Gasteiger partial charge is 0.497 e. The number of carbonyl (C=O) groups is 2. The van der Waals surface area contributed by atoms with Gasteiger partial charge in [0.25, 0.3) is 11.5 Å². The molecule has 0 bridgehead atoms. The molecule has 0 saturated carbocycles. The minimum atomic E-state index is -0.866. The van der Waals surface area contributed by atoms with Crippen LogP contribution in [-0.4, -0.2) is 30.2 Å². The summed E-state index contributed by atoms with van der Waals surface area (Å²) in [5, 5.41) is 0. The monoisotopic (exact) mass is 595 g/mol. The summed E-state index contributed by atoms with van der Waals surface area (Å²) in [6.07, 6.45) is 1.46. The van der Waals surface area contributed by atoms with E-state index in [1.807, 2.05) is 0 Å². The summed E-state index contributed by atoms with van der Waals surface area (Å²) in [5.41, 5.74) is 2.47. The molecular formula is C33H26FN3O5S. The van der Waals surface area contributed by atoms with E-state index >= 15 is 0 Å². The van der Waals surface area contributed by atoms with Gasteiger partial charge in [0.05, 0.1) is 42.2 Å². The van der Waals surface area contributed by atoms with E-state index in [0.29, 0.717) is 38.6 Å². The Morgan fingerprint density at radius 1 is 1.07 bits per heavy atom. The number of allylic oxidation sites excluding steroid dienone is 1. The number of nitrogens with zero attached hydrogens (tertiary/aromatic N) is 3. The Morgan fingerprint density at radius 2 is 1.79 bits per heavy atom. The molecule has 0 radical (unpaired) electrons. The molecule has 0 saturated heterocycles. The Bertz CT molecular complexity index is 2010. The van der Waals surface area contributed by atoms with Crippen molar-refractivity contribution < 1.29 is 23.5 Å². The van der Waals surface area contributed by atoms with Crippen molar-refractivity contribution in [1.82, 2.24) is 4.57 Å². The summed E-state index contributed by atoms with van der Waals surface area (Å²) in [6.45, 7) is 5.28. The first-order valence-electron chi connectivity index (χ1n) is 13.5. The zero-order valence-electron chi connectivity index (χ0n) is 23.4. The Morgan fingerprint density at radius 3 is 2.51 bits per heavy atom. The summed E-state index contributed by atoms with van der Waals surface area (Å²) in [7, 11) is 1.55. The Balaban J connectivity index is 1.56. The van der Waals surface area contributed by atoms with Crippen molar-refractivity contribution in [2.45, 2.75) is 19.5 Å². The van der Waals surface area contributed by atoms with E-state index in [4.69, 9.17) is 9.47 Å². The van der Waals surface area contributed by atoms with Crippen LogP contribution in [0.4, 0.5) is 10.1 Å². The van der Waals surface area contributed by atoms with Gasteiger partial charge in [0.15, 0.2) is 4.80 Å². The minimum absolute atomic E-state index is 0.00273. The molecule has 3 heterocycles. The second kappa shape index (κ2) is 11.3. The van der Waals surface area contributed by atoms with Gasteiger partial charge in [-0.1, -0.05) is 72.5 Å². The minimum Gasteiger partial charge on any atom is -0.497 e. The maximum absolute atomic E-state index is 14.6. The average Bonchev–Trinajstić information content (AvgIpc) is 3.48. The molecule has 0 N–H and O–H groups in total. The van der Waals surface area contributed by atoms with Gasteiger partial charge in [0.2, 0.25) is 0 Å². The zero-order valence-corrected chi connectivity index (χ0v) is 24.2. The number of halogens is 1. The maximum Gasteiger partial charge on any atom is 0.338 e. The van der Waals surface area contributed by atoms with Crippen LogP contribution in [0.5, 0.6) is 5.75 Å². The van der Waals surface area contributed by atoms with Gasteiger partial charge >= 0.3 is 5.97 Å². The van der Waals surface area contributed by atoms with Gasteiger partial charge in [-0.2, -0.15) is 0 Å². The first-order valence-corrected chi connectivity index (χ1v) is 14.3. The molecule has 6 rings (SSSR count). The molecule has 2 aliphatic rings. The highest BCUT2D eigenvalue weighted by Crippen LogP contribution is 2.37. The number of esters is 1. The quantitative estimate of drug-likeness (QED) is 0.238. The molecule has 10 heteroatoms. The van der Waals surface area contributed by atoms with E-state index in [1.165, 1.54) is 21.6 Å². The van der Waals surface area contributed by atoms with Crippen LogP contribution in [0.3, 0.4) is 0 Å². The van der Waals surface area contributed by atoms with Gasteiger partial charge in [-0.05, 0) is 36.8 Å². The van der Waals surface area contributed by atoms with E-state index in [9.17, 15) is 18.8 Å². The van der Waals surface area contributed by atoms with E-state index in [-0.39, 0.29) is 28.8 Å². The van der Waals surface area contributed by atoms with Crippen molar-refractivity contribution in [1.29, 1.82) is 0 Å². The number of rotatable bonds is 7. The number of methoxy groups -OCH3 is 1. The number of fused-ring (bicyclic) bond motifs is 2. The predicted molar refractivity (Wildman–Crippen MR) is 161 cm³/mol. The van der Waals surface area contributed by atoms with Crippen LogP contribution in [0.15, 0.2) is 107 Å². The van der Waals surface area contributed by atoms with Crippen LogP contribution in [0.25, 0.3) is 5.57 Å². The van der Waals surface area contributed by atoms with Gasteiger partial charge in [-0.3, -0.25) is 14.2 Å². The Labute approximate surface area is 250 Å². The van der Waals surface area contributed by atoms with Crippen molar-refractivity contribution in [3.05, 3.63) is 139 Å². The van der Waals surface area contributed by atoms with Crippen molar-refractivity contribution in [2.24, 2.45) is 4.99 Å². The normalized spacial score (nSPS) is 16.9. The second-order valence-electron chi connectivity index (χ2n) is 9.94. The highest BCUT2D eigenvalue weighted by atomic mass is 32.1. The fraction of sp³-hybridized carbons (Fsp3) is 0.152. The number of hydrogen-bond donors (Lipinski definition) is 0. The Hall–Kier alpha value is -5.09. The first-order chi connectivity index (χ1) is 20.8. The van der Waals surface area contributed by atoms with Crippen LogP contribution in [0.2, 0.25) is 0 Å². The number of hydrogen-bond acceptors (Lipinski definition) is 7. The number of benzene rings is 3. The van der Waals surface area contributed by atoms with Crippen LogP contribution in [0, 0.1) is 5.82 Å². The van der Waals surface area contributed by atoms with Crippen LogP contribution >= 0.6 is 11.3 Å². The number of aromatic nitrogens is 1. The predicted octanol–water partition coefficient (Wildman–Crippen LogP) is 4.03. The SMILES string of the molecule is C=CCOC(=O)C1=C(C)N=c2s/c(=C3\C(=O)N(Cc4ccccc4F)c4ccccc43)c(=O)n2[C@@H]1c1ccc(OC)cc1. The molecule has 0 spiro atoms. The maximum atomic E-state index is 14.6. The van der Waals surface area contributed by atoms with Crippen LogP contribution in [0.1, 0.15) is 29.7 Å². The molecule has 216 valence electrons. The number of carbonyl (C=O) groups excluding carboxylic acids is 2. The summed E-state index contributed by atoms with van der Waals surface area (Å²) in [5.74, 6) is -0.861. The highest BCUT2D eigenvalue weighted by Gasteiger charge is 2.37. The molecule has 3 aromatic carbocycles. The third-order valence-electron chi connectivity index (χ3n) is 7.42. The molecular weight excluding hydrogens is 569 g/mol. The lowest BCUT2D eigenvalue weighted by Gasteiger charge is -2.24. The fourth-order valence-electron chi connectivity index (χ4n) is 5.40. The summed E-state index contributed by atoms with van der Waals surface area (Å²) in [4.78, 5) is 48.1. The van der Waals surface area contributed by atoms with Crippen molar-refractivity contribution >= 4 is 34.5 Å². The molecule has 0 fully saturated rings. The van der Waals surface area contributed by atoms with E-state index < -0.39 is 29.3 Å². The summed E-state index contributed by atoms with van der Waals surface area (Å²) >= 11 is 1.08. The van der Waals surface area contributed by atoms with Gasteiger partial charge in [-0.15, -0.1) is 0 Å². The van der Waals surface area contributed by atoms with E-state index in [0.717, 1.165) is 11.3 Å². The smallest absolute Gasteiger partial charge is 0.338 e. The lowest BCUT2D eigenvalue weighted by molar-refractivity contribution is -0.138. The lowest BCUT2D eigenvalue weighted by atomic mass is 9.96. The number of amides is 1. The zero-order chi connectivity index (χ0) is 30.2. The molecule has 0 unspecified atom stereocenters. The van der Waals surface area contributed by atoms with Crippen molar-refractivity contribution in [3.8, 4) is 5.75 Å². The van der Waals surface area contributed by atoms with Gasteiger partial charge in [-0.25, -0.2) is 14.2 Å². The molecule has 0 aliphatic carbocycles. The third kappa shape index (κ3) is 4.79. The number of anilines is 1. The standard InChI is InChI=1S/C33H26FN3O5S/c1-4-17-42-32(40)26-19(2)35-33-37(28(26)20-13-15-22(41-3)16-14-20)31(39)29(43-33)27-23-10-6-8-12-25(23)36(30(27)38)18-21-9-5-7-11-24(21)34/h4-16,28H,1,17-18H2,2-3H3/b29-27-/t28-/m1/s1. The molecule has 8 nitrogen and oxygen atoms in total. The van der Waals surface area contributed by atoms with E-state index in [2.05, 4.69) is 11.6 Å². The lowest BCUT2D eigenvalue weighted by Crippen LogP contribution is -2.41.